The average molecular weight is 522 g/mol. The number of hydrogen-bond acceptors (Lipinski definition) is 7. The maximum Gasteiger partial charge on any atom is 0.255 e. The van der Waals surface area contributed by atoms with Gasteiger partial charge in [0.25, 0.3) is 5.91 Å². The summed E-state index contributed by atoms with van der Waals surface area (Å²) in [5, 5.41) is 27.4. The number of piperidine rings is 1. The van der Waals surface area contributed by atoms with Crippen LogP contribution < -0.4 is 10.1 Å². The van der Waals surface area contributed by atoms with Crippen LogP contribution >= 0.6 is 0 Å². The van der Waals surface area contributed by atoms with Gasteiger partial charge in [0.2, 0.25) is 5.82 Å². The van der Waals surface area contributed by atoms with Gasteiger partial charge in [-0.3, -0.25) is 4.79 Å². The number of nitrogens with one attached hydrogen (secondary N) is 2. The molecule has 0 saturated carbocycles. The van der Waals surface area contributed by atoms with Crippen molar-refractivity contribution in [1.82, 2.24) is 25.5 Å². The molecule has 1 fully saturated rings. The van der Waals surface area contributed by atoms with Gasteiger partial charge in [0, 0.05) is 41.5 Å². The molecule has 3 aromatic carbocycles. The number of benzene rings is 3. The Labute approximate surface area is 227 Å². The quantitative estimate of drug-likeness (QED) is 0.349. The molecule has 4 aromatic rings. The molecule has 0 aliphatic carbocycles. The van der Waals surface area contributed by atoms with Gasteiger partial charge in [-0.15, -0.1) is 10.2 Å². The Hall–Kier alpha value is -4.55. The molecule has 39 heavy (non-hydrogen) atoms. The number of carbonyl (C=O) groups is 1. The summed E-state index contributed by atoms with van der Waals surface area (Å²) in [4.78, 5) is 15.5. The number of methoxy groups -OCH3 is 1. The van der Waals surface area contributed by atoms with Crippen LogP contribution in [0, 0.1) is 11.3 Å². The van der Waals surface area contributed by atoms with Gasteiger partial charge in [-0.2, -0.15) is 10.5 Å². The van der Waals surface area contributed by atoms with E-state index in [1.54, 1.807) is 19.2 Å². The number of anilines is 1. The Morgan fingerprint density at radius 3 is 2.44 bits per heavy atom. The maximum absolute atomic E-state index is 13.1. The number of amides is 1. The normalized spacial score (nSPS) is 15.1. The third kappa shape index (κ3) is 5.38. The van der Waals surface area contributed by atoms with E-state index in [9.17, 15) is 10.1 Å². The lowest BCUT2D eigenvalue weighted by Gasteiger charge is -2.40. The minimum absolute atomic E-state index is 0.223. The Morgan fingerprint density at radius 2 is 1.79 bits per heavy atom. The first kappa shape index (κ1) is 26.1. The molecular formula is C30H31N7O2. The highest BCUT2D eigenvalue weighted by molar-refractivity contribution is 6.04. The predicted molar refractivity (Wildman–Crippen MR) is 149 cm³/mol. The Balaban J connectivity index is 1.34. The molecule has 9 nitrogen and oxygen atoms in total. The highest BCUT2D eigenvalue weighted by atomic mass is 16.5. The zero-order valence-corrected chi connectivity index (χ0v) is 22.3. The molecule has 1 amide bonds. The second-order valence-corrected chi connectivity index (χ2v) is 10.1. The van der Waals surface area contributed by atoms with Crippen molar-refractivity contribution in [2.24, 2.45) is 0 Å². The van der Waals surface area contributed by atoms with Crippen molar-refractivity contribution in [3.63, 3.8) is 0 Å². The molecule has 1 aromatic heterocycles. The van der Waals surface area contributed by atoms with Gasteiger partial charge in [-0.25, -0.2) is 0 Å². The molecule has 1 aliphatic rings. The molecular weight excluding hydrogens is 490 g/mol. The zero-order chi connectivity index (χ0) is 27.4. The summed E-state index contributed by atoms with van der Waals surface area (Å²) in [5.41, 5.74) is 4.13. The van der Waals surface area contributed by atoms with Crippen molar-refractivity contribution in [1.29, 1.82) is 5.26 Å². The Kier molecular flexibility index (Phi) is 7.39. The standard InChI is InChI=1S/C30H31N7O2/c1-20(2)37-15-13-30(19-31,14-16-37)26-18-25(11-12-27(26)39-3)32-29(38)22-9-7-21(8-10-22)23-5-4-6-24(17-23)28-33-35-36-34-28/h4-12,17-18,20H,13-16H2,1-3H3,(H,32,38)(H,33,34,35,36). The number of H-pyrrole nitrogens is 1. The lowest BCUT2D eigenvalue weighted by molar-refractivity contribution is 0.102. The van der Waals surface area contributed by atoms with E-state index >= 15 is 0 Å². The van der Waals surface area contributed by atoms with Crippen LogP contribution in [-0.2, 0) is 5.41 Å². The fraction of sp³-hybridized carbons (Fsp3) is 0.300. The minimum Gasteiger partial charge on any atom is -0.496 e. The smallest absolute Gasteiger partial charge is 0.255 e. The molecule has 0 spiro atoms. The summed E-state index contributed by atoms with van der Waals surface area (Å²) < 4.78 is 5.64. The van der Waals surface area contributed by atoms with E-state index in [1.165, 1.54) is 0 Å². The van der Waals surface area contributed by atoms with Gasteiger partial charge in [0.05, 0.1) is 18.6 Å². The van der Waals surface area contributed by atoms with Crippen molar-refractivity contribution in [2.45, 2.75) is 38.1 Å². The van der Waals surface area contributed by atoms with Crippen molar-refractivity contribution >= 4 is 11.6 Å². The van der Waals surface area contributed by atoms with Gasteiger partial charge in [0.15, 0.2) is 0 Å². The molecule has 0 bridgehead atoms. The highest BCUT2D eigenvalue weighted by Gasteiger charge is 2.39. The van der Waals surface area contributed by atoms with Crippen molar-refractivity contribution in [3.8, 4) is 34.3 Å². The number of aromatic nitrogens is 4. The largest absolute Gasteiger partial charge is 0.496 e. The predicted octanol–water partition coefficient (Wildman–Crippen LogP) is 5.06. The topological polar surface area (TPSA) is 120 Å². The molecule has 9 heteroatoms. The number of likely N-dealkylation sites (tertiary alicyclic amines) is 1. The zero-order valence-electron chi connectivity index (χ0n) is 22.3. The first-order valence-electron chi connectivity index (χ1n) is 13.0. The van der Waals surface area contributed by atoms with E-state index < -0.39 is 5.41 Å². The molecule has 0 unspecified atom stereocenters. The first-order valence-corrected chi connectivity index (χ1v) is 13.0. The number of tetrazole rings is 1. The SMILES string of the molecule is COc1ccc(NC(=O)c2ccc(-c3cccc(-c4nn[nH]n4)c3)cc2)cc1C1(C#N)CCN(C(C)C)CC1. The fourth-order valence-electron chi connectivity index (χ4n) is 5.16. The van der Waals surface area contributed by atoms with Crippen LogP contribution in [-0.4, -0.2) is 57.7 Å². The van der Waals surface area contributed by atoms with Gasteiger partial charge in [0.1, 0.15) is 5.75 Å². The monoisotopic (exact) mass is 521 g/mol. The second kappa shape index (κ2) is 11.1. The van der Waals surface area contributed by atoms with Crippen molar-refractivity contribution in [3.05, 3.63) is 77.9 Å². The third-order valence-corrected chi connectivity index (χ3v) is 7.52. The summed E-state index contributed by atoms with van der Waals surface area (Å²) in [6, 6.07) is 23.8. The highest BCUT2D eigenvalue weighted by Crippen LogP contribution is 2.41. The number of rotatable bonds is 7. The van der Waals surface area contributed by atoms with Crippen LogP contribution in [0.1, 0.15) is 42.6 Å². The molecule has 1 saturated heterocycles. The summed E-state index contributed by atoms with van der Waals surface area (Å²) in [5.74, 6) is 0.967. The molecule has 1 aliphatic heterocycles. The number of nitrogens with zero attached hydrogens (tertiary/aromatic N) is 5. The summed E-state index contributed by atoms with van der Waals surface area (Å²) >= 11 is 0. The van der Waals surface area contributed by atoms with E-state index in [2.05, 4.69) is 50.8 Å². The van der Waals surface area contributed by atoms with Crippen LogP contribution in [0.15, 0.2) is 66.7 Å². The summed E-state index contributed by atoms with van der Waals surface area (Å²) in [6.45, 7) is 6.04. The second-order valence-electron chi connectivity index (χ2n) is 10.1. The molecule has 0 radical (unpaired) electrons. The Morgan fingerprint density at radius 1 is 1.05 bits per heavy atom. The van der Waals surface area contributed by atoms with E-state index in [4.69, 9.17) is 4.74 Å². The van der Waals surface area contributed by atoms with Crippen LogP contribution in [0.2, 0.25) is 0 Å². The fourth-order valence-corrected chi connectivity index (χ4v) is 5.16. The van der Waals surface area contributed by atoms with Crippen LogP contribution in [0.25, 0.3) is 22.5 Å². The number of aromatic amines is 1. The van der Waals surface area contributed by atoms with Crippen LogP contribution in [0.4, 0.5) is 5.69 Å². The maximum atomic E-state index is 13.1. The summed E-state index contributed by atoms with van der Waals surface area (Å²) in [6.07, 6.45) is 1.43. The molecule has 0 atom stereocenters. The number of hydrogen-bond donors (Lipinski definition) is 2. The molecule has 2 N–H and O–H groups in total. The number of carbonyl (C=O) groups excluding carboxylic acids is 1. The Bertz CT molecular complexity index is 1480. The van der Waals surface area contributed by atoms with Crippen molar-refractivity contribution in [2.75, 3.05) is 25.5 Å². The molecule has 2 heterocycles. The lowest BCUT2D eigenvalue weighted by Crippen LogP contribution is -2.44. The lowest BCUT2D eigenvalue weighted by atomic mass is 9.73. The van der Waals surface area contributed by atoms with Crippen LogP contribution in [0.5, 0.6) is 5.75 Å². The number of ether oxygens (including phenoxy) is 1. The van der Waals surface area contributed by atoms with Gasteiger partial charge in [-0.05, 0) is 79.4 Å². The van der Waals surface area contributed by atoms with E-state index in [-0.39, 0.29) is 5.91 Å². The third-order valence-electron chi connectivity index (χ3n) is 7.52. The molecule has 5 rings (SSSR count). The van der Waals surface area contributed by atoms with Gasteiger partial charge >= 0.3 is 0 Å². The van der Waals surface area contributed by atoms with Crippen molar-refractivity contribution < 1.29 is 9.53 Å². The number of nitriles is 1. The first-order chi connectivity index (χ1) is 18.9. The van der Waals surface area contributed by atoms with Gasteiger partial charge < -0.3 is 15.0 Å². The minimum atomic E-state index is -0.658. The van der Waals surface area contributed by atoms with Crippen LogP contribution in [0.3, 0.4) is 0 Å². The molecule has 198 valence electrons. The van der Waals surface area contributed by atoms with E-state index in [0.29, 0.717) is 41.7 Å². The van der Waals surface area contributed by atoms with Gasteiger partial charge in [-0.1, -0.05) is 30.3 Å². The van der Waals surface area contributed by atoms with E-state index in [1.807, 2.05) is 54.6 Å². The summed E-state index contributed by atoms with van der Waals surface area (Å²) in [7, 11) is 1.62. The van der Waals surface area contributed by atoms with E-state index in [0.717, 1.165) is 35.3 Å². The average Bonchev–Trinajstić information content (AvgIpc) is 3.53.